The van der Waals surface area contributed by atoms with Crippen LogP contribution in [-0.2, 0) is 14.3 Å². The third kappa shape index (κ3) is 3.44. The number of carbonyl (C=O) groups excluding carboxylic acids is 2. The zero-order valence-corrected chi connectivity index (χ0v) is 15.4. The number of nitro groups is 1. The van der Waals surface area contributed by atoms with E-state index in [9.17, 15) is 19.7 Å². The van der Waals surface area contributed by atoms with Crippen LogP contribution in [-0.4, -0.2) is 28.9 Å². The number of para-hydroxylation sites is 1. The monoisotopic (exact) mass is 381 g/mol. The molecular weight excluding hydrogens is 362 g/mol. The standard InChI is InChI=1S/C20H19N3O5/c1-3-28-19(25)20(2)13-17(18(24)22(20)15-7-5-4-6-8-15)21-14-9-11-16(12-10-14)23(26)27/h4-13,21H,3H2,1-2H3. The Morgan fingerprint density at radius 2 is 1.82 bits per heavy atom. The van der Waals surface area contributed by atoms with Crippen LogP contribution >= 0.6 is 0 Å². The summed E-state index contributed by atoms with van der Waals surface area (Å²) in [5.41, 5.74) is -0.142. The summed E-state index contributed by atoms with van der Waals surface area (Å²) >= 11 is 0. The lowest BCUT2D eigenvalue weighted by molar-refractivity contribution is -0.384. The van der Waals surface area contributed by atoms with Gasteiger partial charge in [-0.05, 0) is 44.2 Å². The molecule has 1 N–H and O–H groups in total. The smallest absolute Gasteiger partial charge is 0.336 e. The van der Waals surface area contributed by atoms with Crippen LogP contribution in [0.1, 0.15) is 13.8 Å². The lowest BCUT2D eigenvalue weighted by Crippen LogP contribution is -2.51. The number of rotatable bonds is 6. The van der Waals surface area contributed by atoms with Crippen LogP contribution in [0.2, 0.25) is 0 Å². The maximum absolute atomic E-state index is 13.1. The van der Waals surface area contributed by atoms with E-state index in [4.69, 9.17) is 4.74 Å². The maximum Gasteiger partial charge on any atom is 0.336 e. The fourth-order valence-corrected chi connectivity index (χ4v) is 3.04. The third-order valence-electron chi connectivity index (χ3n) is 4.38. The average Bonchev–Trinajstić information content (AvgIpc) is 2.94. The molecule has 2 aromatic carbocycles. The second kappa shape index (κ2) is 7.51. The van der Waals surface area contributed by atoms with Crippen molar-refractivity contribution < 1.29 is 19.2 Å². The Morgan fingerprint density at radius 3 is 2.39 bits per heavy atom. The minimum absolute atomic E-state index is 0.0560. The van der Waals surface area contributed by atoms with Crippen molar-refractivity contribution in [2.45, 2.75) is 19.4 Å². The first kappa shape index (κ1) is 19.1. The van der Waals surface area contributed by atoms with Crippen molar-refractivity contribution in [2.75, 3.05) is 16.8 Å². The predicted octanol–water partition coefficient (Wildman–Crippen LogP) is 3.26. The highest BCUT2D eigenvalue weighted by Crippen LogP contribution is 2.35. The summed E-state index contributed by atoms with van der Waals surface area (Å²) < 4.78 is 5.19. The van der Waals surface area contributed by atoms with E-state index in [1.807, 2.05) is 6.07 Å². The van der Waals surface area contributed by atoms with Crippen LogP contribution in [0.15, 0.2) is 66.4 Å². The van der Waals surface area contributed by atoms with E-state index in [1.54, 1.807) is 38.1 Å². The van der Waals surface area contributed by atoms with Gasteiger partial charge in [0.2, 0.25) is 0 Å². The number of ether oxygens (including phenoxy) is 1. The molecule has 8 nitrogen and oxygen atoms in total. The van der Waals surface area contributed by atoms with Crippen molar-refractivity contribution in [1.29, 1.82) is 0 Å². The summed E-state index contributed by atoms with van der Waals surface area (Å²) in [6.07, 6.45) is 1.52. The maximum atomic E-state index is 13.1. The second-order valence-corrected chi connectivity index (χ2v) is 6.33. The van der Waals surface area contributed by atoms with Crippen molar-refractivity contribution in [2.24, 2.45) is 0 Å². The fraction of sp³-hybridized carbons (Fsp3) is 0.200. The number of anilines is 2. The molecule has 3 rings (SSSR count). The lowest BCUT2D eigenvalue weighted by Gasteiger charge is -2.32. The Kier molecular flexibility index (Phi) is 5.12. The van der Waals surface area contributed by atoms with Crippen LogP contribution in [0.25, 0.3) is 0 Å². The molecule has 0 aromatic heterocycles. The van der Waals surface area contributed by atoms with Crippen LogP contribution in [0.4, 0.5) is 17.1 Å². The Hall–Kier alpha value is -3.68. The van der Waals surface area contributed by atoms with Crippen molar-refractivity contribution in [3.8, 4) is 0 Å². The largest absolute Gasteiger partial charge is 0.464 e. The van der Waals surface area contributed by atoms with Gasteiger partial charge >= 0.3 is 5.97 Å². The van der Waals surface area contributed by atoms with Crippen molar-refractivity contribution in [1.82, 2.24) is 0 Å². The molecule has 28 heavy (non-hydrogen) atoms. The third-order valence-corrected chi connectivity index (χ3v) is 4.38. The number of carbonyl (C=O) groups is 2. The molecule has 0 saturated heterocycles. The van der Waals surface area contributed by atoms with E-state index in [1.165, 1.54) is 35.2 Å². The molecule has 1 unspecified atom stereocenters. The molecule has 1 aliphatic heterocycles. The fourth-order valence-electron chi connectivity index (χ4n) is 3.04. The summed E-state index contributed by atoms with van der Waals surface area (Å²) in [7, 11) is 0. The number of amides is 1. The first-order chi connectivity index (χ1) is 13.4. The van der Waals surface area contributed by atoms with Crippen LogP contribution < -0.4 is 10.2 Å². The van der Waals surface area contributed by atoms with E-state index in [0.717, 1.165) is 0 Å². The van der Waals surface area contributed by atoms with Gasteiger partial charge in [0, 0.05) is 23.5 Å². The number of non-ortho nitro benzene ring substituents is 1. The molecule has 0 spiro atoms. The van der Waals surface area contributed by atoms with Gasteiger partial charge in [-0.1, -0.05) is 18.2 Å². The highest BCUT2D eigenvalue weighted by atomic mass is 16.6. The SMILES string of the molecule is CCOC(=O)C1(C)C=C(Nc2ccc([N+](=O)[O-])cc2)C(=O)N1c1ccccc1. The molecule has 1 amide bonds. The number of benzene rings is 2. The van der Waals surface area contributed by atoms with Gasteiger partial charge in [-0.3, -0.25) is 19.8 Å². The van der Waals surface area contributed by atoms with Crippen molar-refractivity contribution >= 4 is 28.9 Å². The molecule has 0 radical (unpaired) electrons. The predicted molar refractivity (Wildman–Crippen MR) is 104 cm³/mol. The Balaban J connectivity index is 1.96. The number of hydrogen-bond donors (Lipinski definition) is 1. The molecule has 0 aliphatic carbocycles. The zero-order valence-electron chi connectivity index (χ0n) is 15.4. The summed E-state index contributed by atoms with van der Waals surface area (Å²) in [5.74, 6) is -0.951. The van der Waals surface area contributed by atoms with E-state index < -0.39 is 22.3 Å². The molecule has 2 aromatic rings. The van der Waals surface area contributed by atoms with E-state index in [2.05, 4.69) is 5.32 Å². The summed E-state index contributed by atoms with van der Waals surface area (Å²) in [6.45, 7) is 3.50. The van der Waals surface area contributed by atoms with Gasteiger partial charge in [-0.2, -0.15) is 0 Å². The average molecular weight is 381 g/mol. The van der Waals surface area contributed by atoms with Crippen molar-refractivity contribution in [3.05, 3.63) is 76.5 Å². The highest BCUT2D eigenvalue weighted by Gasteiger charge is 2.49. The van der Waals surface area contributed by atoms with E-state index in [0.29, 0.717) is 11.4 Å². The van der Waals surface area contributed by atoms with Crippen LogP contribution in [0, 0.1) is 10.1 Å². The molecule has 1 heterocycles. The number of nitrogens with zero attached hydrogens (tertiary/aromatic N) is 2. The molecule has 0 bridgehead atoms. The van der Waals surface area contributed by atoms with Gasteiger partial charge < -0.3 is 10.1 Å². The normalized spacial score (nSPS) is 18.6. The van der Waals surface area contributed by atoms with Gasteiger partial charge in [-0.25, -0.2) is 4.79 Å². The summed E-state index contributed by atoms with van der Waals surface area (Å²) in [5, 5.41) is 13.7. The summed E-state index contributed by atoms with van der Waals surface area (Å²) in [6, 6.07) is 14.5. The first-order valence-electron chi connectivity index (χ1n) is 8.68. The Labute approximate surface area is 161 Å². The second-order valence-electron chi connectivity index (χ2n) is 6.33. The van der Waals surface area contributed by atoms with Gasteiger partial charge in [-0.15, -0.1) is 0 Å². The van der Waals surface area contributed by atoms with Gasteiger partial charge in [0.05, 0.1) is 11.5 Å². The Morgan fingerprint density at radius 1 is 1.18 bits per heavy atom. The topological polar surface area (TPSA) is 102 Å². The van der Waals surface area contributed by atoms with E-state index >= 15 is 0 Å². The number of esters is 1. The number of nitrogens with one attached hydrogen (secondary N) is 1. The van der Waals surface area contributed by atoms with Crippen LogP contribution in [0.3, 0.4) is 0 Å². The van der Waals surface area contributed by atoms with Gasteiger partial charge in [0.1, 0.15) is 5.70 Å². The molecular formula is C20H19N3O5. The van der Waals surface area contributed by atoms with Crippen molar-refractivity contribution in [3.63, 3.8) is 0 Å². The summed E-state index contributed by atoms with van der Waals surface area (Å²) in [4.78, 5) is 37.4. The lowest BCUT2D eigenvalue weighted by atomic mass is 10.0. The minimum Gasteiger partial charge on any atom is -0.464 e. The minimum atomic E-state index is -1.32. The first-order valence-corrected chi connectivity index (χ1v) is 8.68. The number of hydrogen-bond acceptors (Lipinski definition) is 6. The quantitative estimate of drug-likeness (QED) is 0.468. The van der Waals surface area contributed by atoms with E-state index in [-0.39, 0.29) is 18.0 Å². The van der Waals surface area contributed by atoms with Gasteiger partial charge in [0.25, 0.3) is 11.6 Å². The molecule has 144 valence electrons. The number of nitro benzene ring substituents is 1. The molecule has 0 saturated carbocycles. The van der Waals surface area contributed by atoms with Gasteiger partial charge in [0.15, 0.2) is 5.54 Å². The highest BCUT2D eigenvalue weighted by molar-refractivity contribution is 6.16. The zero-order chi connectivity index (χ0) is 20.3. The molecule has 8 heteroatoms. The molecule has 0 fully saturated rings. The molecule has 1 aliphatic rings. The Bertz CT molecular complexity index is 940. The van der Waals surface area contributed by atoms with Crippen LogP contribution in [0.5, 0.6) is 0 Å². The molecule has 1 atom stereocenters.